The average molecular weight is 444 g/mol. The minimum absolute atomic E-state index is 0.124. The molecule has 1 N–H and O–H groups in total. The van der Waals surface area contributed by atoms with Crippen LogP contribution in [0, 0.1) is 5.82 Å². The van der Waals surface area contributed by atoms with Crippen LogP contribution in [0.4, 0.5) is 15.9 Å². The van der Waals surface area contributed by atoms with Gasteiger partial charge < -0.3 is 19.7 Å². The highest BCUT2D eigenvalue weighted by atomic mass is 35.5. The van der Waals surface area contributed by atoms with Crippen molar-refractivity contribution >= 4 is 29.0 Å². The van der Waals surface area contributed by atoms with Crippen LogP contribution >= 0.6 is 11.6 Å². The van der Waals surface area contributed by atoms with E-state index in [0.717, 1.165) is 0 Å². The van der Waals surface area contributed by atoms with Crippen LogP contribution in [0.25, 0.3) is 11.4 Å². The number of nitrogens with one attached hydrogen (secondary N) is 1. The molecule has 1 amide bonds. The first kappa shape index (κ1) is 21.0. The topological polar surface area (TPSA) is 89.5 Å². The lowest BCUT2D eigenvalue weighted by Crippen LogP contribution is -2.40. The molecule has 3 heterocycles. The van der Waals surface area contributed by atoms with Gasteiger partial charge >= 0.3 is 0 Å². The van der Waals surface area contributed by atoms with Gasteiger partial charge in [0, 0.05) is 30.5 Å². The maximum Gasteiger partial charge on any atom is 0.257 e. The highest BCUT2D eigenvalue weighted by molar-refractivity contribution is 6.30. The summed E-state index contributed by atoms with van der Waals surface area (Å²) < 4.78 is 25.0. The summed E-state index contributed by atoms with van der Waals surface area (Å²) in [6.45, 7) is 1.98. The van der Waals surface area contributed by atoms with Gasteiger partial charge in [-0.25, -0.2) is 14.4 Å². The molecule has 0 saturated carbocycles. The van der Waals surface area contributed by atoms with E-state index in [2.05, 4.69) is 20.3 Å². The van der Waals surface area contributed by atoms with Gasteiger partial charge in [0.1, 0.15) is 5.82 Å². The summed E-state index contributed by atoms with van der Waals surface area (Å²) in [6, 6.07) is 5.81. The molecule has 3 aromatic rings. The molecule has 31 heavy (non-hydrogen) atoms. The van der Waals surface area contributed by atoms with Crippen LogP contribution in [0.15, 0.2) is 42.9 Å². The number of amides is 1. The lowest BCUT2D eigenvalue weighted by Gasteiger charge is -2.27. The third-order valence-corrected chi connectivity index (χ3v) is 4.98. The van der Waals surface area contributed by atoms with E-state index in [0.29, 0.717) is 48.3 Å². The number of carbonyl (C=O) groups excluding carboxylic acids is 1. The van der Waals surface area contributed by atoms with Crippen LogP contribution in [0.3, 0.4) is 0 Å². The van der Waals surface area contributed by atoms with E-state index in [4.69, 9.17) is 21.1 Å². The summed E-state index contributed by atoms with van der Waals surface area (Å²) in [5, 5.41) is 3.47. The third-order valence-electron chi connectivity index (χ3n) is 4.75. The Morgan fingerprint density at radius 2 is 2.06 bits per heavy atom. The molecule has 4 rings (SSSR count). The molecule has 0 atom stereocenters. The third kappa shape index (κ3) is 4.57. The molecule has 0 radical (unpaired) electrons. The summed E-state index contributed by atoms with van der Waals surface area (Å²) in [4.78, 5) is 27.4. The summed E-state index contributed by atoms with van der Waals surface area (Å²) in [5.41, 5.74) is 1.01. The molecule has 8 nitrogen and oxygen atoms in total. The van der Waals surface area contributed by atoms with Crippen molar-refractivity contribution in [3.63, 3.8) is 0 Å². The summed E-state index contributed by atoms with van der Waals surface area (Å²) in [5.74, 6) is 0.0425. The van der Waals surface area contributed by atoms with Crippen LogP contribution in [0.2, 0.25) is 5.02 Å². The quantitative estimate of drug-likeness (QED) is 0.644. The zero-order valence-electron chi connectivity index (χ0n) is 16.6. The normalized spacial score (nSPS) is 13.7. The first-order valence-electron chi connectivity index (χ1n) is 9.51. The van der Waals surface area contributed by atoms with Crippen LogP contribution in [-0.4, -0.2) is 59.2 Å². The van der Waals surface area contributed by atoms with Crippen molar-refractivity contribution in [3.05, 3.63) is 59.3 Å². The molecular formula is C21H19ClFN5O3. The molecule has 0 aliphatic carbocycles. The molecule has 0 bridgehead atoms. The second kappa shape index (κ2) is 9.23. The van der Waals surface area contributed by atoms with Gasteiger partial charge in [0.2, 0.25) is 0 Å². The fourth-order valence-corrected chi connectivity index (χ4v) is 3.32. The predicted octanol–water partition coefficient (Wildman–Crippen LogP) is 3.56. The van der Waals surface area contributed by atoms with Gasteiger partial charge in [0.15, 0.2) is 17.4 Å². The standard InChI is InChI=1S/C21H19ClFN5O3/c1-30-18-12-25-19(14-10-13(22)2-3-16(14)23)27-20(18)26-17-4-5-24-11-15(17)21(29)28-6-8-31-9-7-28/h2-5,10-12H,6-9H2,1H3,(H,24,25,26,27). The maximum atomic E-state index is 14.3. The van der Waals surface area contributed by atoms with Gasteiger partial charge in [-0.2, -0.15) is 0 Å². The number of nitrogens with zero attached hydrogens (tertiary/aromatic N) is 4. The van der Waals surface area contributed by atoms with Gasteiger partial charge in [-0.1, -0.05) is 11.6 Å². The van der Waals surface area contributed by atoms with E-state index in [-0.39, 0.29) is 23.1 Å². The smallest absolute Gasteiger partial charge is 0.257 e. The number of ether oxygens (including phenoxy) is 2. The Hall–Kier alpha value is -3.30. The van der Waals surface area contributed by atoms with Crippen molar-refractivity contribution in [2.45, 2.75) is 0 Å². The highest BCUT2D eigenvalue weighted by Gasteiger charge is 2.22. The summed E-state index contributed by atoms with van der Waals surface area (Å²) in [7, 11) is 1.47. The van der Waals surface area contributed by atoms with Crippen molar-refractivity contribution in [2.75, 3.05) is 38.7 Å². The van der Waals surface area contributed by atoms with E-state index < -0.39 is 5.82 Å². The van der Waals surface area contributed by atoms with E-state index in [1.54, 1.807) is 17.2 Å². The number of morpholine rings is 1. The van der Waals surface area contributed by atoms with E-state index >= 15 is 0 Å². The molecule has 1 aliphatic heterocycles. The molecule has 1 aromatic carbocycles. The summed E-state index contributed by atoms with van der Waals surface area (Å²) >= 11 is 6.00. The Labute approximate surface area is 183 Å². The minimum Gasteiger partial charge on any atom is -0.491 e. The Bertz CT molecular complexity index is 1110. The van der Waals surface area contributed by atoms with Crippen molar-refractivity contribution in [1.82, 2.24) is 19.9 Å². The molecule has 1 saturated heterocycles. The van der Waals surface area contributed by atoms with E-state index in [1.165, 1.54) is 37.7 Å². The van der Waals surface area contributed by atoms with Gasteiger partial charge in [-0.15, -0.1) is 0 Å². The molecule has 1 aliphatic rings. The predicted molar refractivity (Wildman–Crippen MR) is 113 cm³/mol. The first-order valence-corrected chi connectivity index (χ1v) is 9.89. The average Bonchev–Trinajstić information content (AvgIpc) is 2.81. The number of methoxy groups -OCH3 is 1. The number of halogens is 2. The first-order chi connectivity index (χ1) is 15.1. The number of hydrogen-bond donors (Lipinski definition) is 1. The maximum absolute atomic E-state index is 14.3. The largest absolute Gasteiger partial charge is 0.491 e. The van der Waals surface area contributed by atoms with Crippen LogP contribution in [0.5, 0.6) is 5.75 Å². The van der Waals surface area contributed by atoms with Crippen molar-refractivity contribution in [2.24, 2.45) is 0 Å². The Morgan fingerprint density at radius 1 is 1.26 bits per heavy atom. The lowest BCUT2D eigenvalue weighted by molar-refractivity contribution is 0.0303. The zero-order chi connectivity index (χ0) is 21.8. The second-order valence-electron chi connectivity index (χ2n) is 6.69. The fourth-order valence-electron chi connectivity index (χ4n) is 3.15. The Kier molecular flexibility index (Phi) is 6.24. The molecule has 10 heteroatoms. The SMILES string of the molecule is COc1cnc(-c2cc(Cl)ccc2F)nc1Nc1ccncc1C(=O)N1CCOCC1. The number of hydrogen-bond acceptors (Lipinski definition) is 7. The van der Waals surface area contributed by atoms with Gasteiger partial charge in [0.25, 0.3) is 5.91 Å². The number of aromatic nitrogens is 3. The van der Waals surface area contributed by atoms with Crippen LogP contribution in [0.1, 0.15) is 10.4 Å². The minimum atomic E-state index is -0.507. The van der Waals surface area contributed by atoms with Crippen LogP contribution in [-0.2, 0) is 4.74 Å². The second-order valence-corrected chi connectivity index (χ2v) is 7.12. The molecule has 2 aromatic heterocycles. The van der Waals surface area contributed by atoms with Gasteiger partial charge in [-0.3, -0.25) is 9.78 Å². The Balaban J connectivity index is 1.69. The van der Waals surface area contributed by atoms with Crippen molar-refractivity contribution < 1.29 is 18.7 Å². The zero-order valence-corrected chi connectivity index (χ0v) is 17.4. The fraction of sp³-hybridized carbons (Fsp3) is 0.238. The number of carbonyl (C=O) groups is 1. The number of rotatable bonds is 5. The van der Waals surface area contributed by atoms with Crippen molar-refractivity contribution in [1.29, 1.82) is 0 Å². The number of anilines is 2. The lowest BCUT2D eigenvalue weighted by atomic mass is 10.2. The summed E-state index contributed by atoms with van der Waals surface area (Å²) in [6.07, 6.45) is 4.48. The monoisotopic (exact) mass is 443 g/mol. The number of pyridine rings is 1. The molecule has 0 unspecified atom stereocenters. The molecule has 160 valence electrons. The Morgan fingerprint density at radius 3 is 2.84 bits per heavy atom. The highest BCUT2D eigenvalue weighted by Crippen LogP contribution is 2.31. The van der Waals surface area contributed by atoms with Crippen LogP contribution < -0.4 is 10.1 Å². The van der Waals surface area contributed by atoms with Crippen molar-refractivity contribution in [3.8, 4) is 17.1 Å². The molecule has 0 spiro atoms. The van der Waals surface area contributed by atoms with Gasteiger partial charge in [-0.05, 0) is 24.3 Å². The number of benzene rings is 1. The van der Waals surface area contributed by atoms with Gasteiger partial charge in [0.05, 0.1) is 43.3 Å². The molecule has 1 fully saturated rings. The van der Waals surface area contributed by atoms with E-state index in [9.17, 15) is 9.18 Å². The van der Waals surface area contributed by atoms with E-state index in [1.807, 2.05) is 0 Å². The molecular weight excluding hydrogens is 425 g/mol.